The summed E-state index contributed by atoms with van der Waals surface area (Å²) in [6.45, 7) is 0.270. The zero-order valence-corrected chi connectivity index (χ0v) is 8.83. The van der Waals surface area contributed by atoms with Crippen LogP contribution >= 0.6 is 0 Å². The summed E-state index contributed by atoms with van der Waals surface area (Å²) in [5, 5.41) is 0. The topological polar surface area (TPSA) is 35.5 Å². The molecule has 0 radical (unpaired) electrons. The maximum absolute atomic E-state index is 12.9. The summed E-state index contributed by atoms with van der Waals surface area (Å²) in [6.07, 6.45) is 5.47. The van der Waals surface area contributed by atoms with E-state index in [0.29, 0.717) is 6.42 Å². The van der Waals surface area contributed by atoms with Gasteiger partial charge in [-0.05, 0) is 18.2 Å². The van der Waals surface area contributed by atoms with Crippen LogP contribution in [0.5, 0.6) is 5.75 Å². The van der Waals surface area contributed by atoms with Crippen LogP contribution < -0.4 is 4.74 Å². The molecular formula is C12H11FO3. The standard InChI is InChI=1S/C12H11FO3/c1-3-4-7-16-11-6-5-9(13)8-10(11)12(14)15-2/h1,5-6,8H,4,7H2,2H3. The Labute approximate surface area is 93.2 Å². The van der Waals surface area contributed by atoms with Crippen molar-refractivity contribution in [3.63, 3.8) is 0 Å². The molecule has 0 fully saturated rings. The van der Waals surface area contributed by atoms with Gasteiger partial charge < -0.3 is 9.47 Å². The van der Waals surface area contributed by atoms with Gasteiger partial charge in [0.25, 0.3) is 0 Å². The largest absolute Gasteiger partial charge is 0.492 e. The van der Waals surface area contributed by atoms with Gasteiger partial charge in [0, 0.05) is 6.42 Å². The maximum Gasteiger partial charge on any atom is 0.341 e. The Morgan fingerprint density at radius 1 is 1.56 bits per heavy atom. The fraction of sp³-hybridized carbons (Fsp3) is 0.250. The Hall–Kier alpha value is -2.02. The number of terminal acetylenes is 1. The average Bonchev–Trinajstić information content (AvgIpc) is 2.30. The van der Waals surface area contributed by atoms with E-state index in [9.17, 15) is 9.18 Å². The number of hydrogen-bond acceptors (Lipinski definition) is 3. The van der Waals surface area contributed by atoms with Gasteiger partial charge in [0.15, 0.2) is 0 Å². The van der Waals surface area contributed by atoms with E-state index in [2.05, 4.69) is 10.7 Å². The SMILES string of the molecule is C#CCCOc1ccc(F)cc1C(=O)OC. The molecule has 0 amide bonds. The van der Waals surface area contributed by atoms with Crippen LogP contribution in [0.25, 0.3) is 0 Å². The van der Waals surface area contributed by atoms with Crippen LogP contribution in [0.3, 0.4) is 0 Å². The maximum atomic E-state index is 12.9. The molecule has 16 heavy (non-hydrogen) atoms. The normalized spacial score (nSPS) is 9.31. The average molecular weight is 222 g/mol. The van der Waals surface area contributed by atoms with Crippen LogP contribution in [-0.2, 0) is 4.74 Å². The highest BCUT2D eigenvalue weighted by Gasteiger charge is 2.13. The van der Waals surface area contributed by atoms with Crippen LogP contribution in [-0.4, -0.2) is 19.7 Å². The van der Waals surface area contributed by atoms with E-state index < -0.39 is 11.8 Å². The van der Waals surface area contributed by atoms with Crippen molar-refractivity contribution in [1.82, 2.24) is 0 Å². The Morgan fingerprint density at radius 3 is 2.94 bits per heavy atom. The predicted molar refractivity (Wildman–Crippen MR) is 56.7 cm³/mol. The van der Waals surface area contributed by atoms with Crippen molar-refractivity contribution in [1.29, 1.82) is 0 Å². The molecule has 3 nitrogen and oxygen atoms in total. The minimum Gasteiger partial charge on any atom is -0.492 e. The summed E-state index contributed by atoms with van der Waals surface area (Å²) in [7, 11) is 1.22. The van der Waals surface area contributed by atoms with Gasteiger partial charge in [-0.25, -0.2) is 9.18 Å². The number of esters is 1. The zero-order valence-electron chi connectivity index (χ0n) is 8.83. The van der Waals surface area contributed by atoms with Gasteiger partial charge >= 0.3 is 5.97 Å². The lowest BCUT2D eigenvalue weighted by molar-refractivity contribution is 0.0595. The molecule has 84 valence electrons. The van der Waals surface area contributed by atoms with Gasteiger partial charge in [-0.15, -0.1) is 12.3 Å². The Kier molecular flexibility index (Phi) is 4.34. The molecule has 0 unspecified atom stereocenters. The summed E-state index contributed by atoms with van der Waals surface area (Å²) < 4.78 is 22.7. The summed E-state index contributed by atoms with van der Waals surface area (Å²) in [5.41, 5.74) is 0.0551. The summed E-state index contributed by atoms with van der Waals surface area (Å²) in [6, 6.07) is 3.65. The second-order valence-electron chi connectivity index (χ2n) is 2.93. The van der Waals surface area contributed by atoms with E-state index in [1.54, 1.807) is 0 Å². The highest BCUT2D eigenvalue weighted by Crippen LogP contribution is 2.20. The fourth-order valence-electron chi connectivity index (χ4n) is 1.12. The number of ether oxygens (including phenoxy) is 2. The van der Waals surface area contributed by atoms with Crippen molar-refractivity contribution in [2.75, 3.05) is 13.7 Å². The molecule has 0 heterocycles. The van der Waals surface area contributed by atoms with Crippen molar-refractivity contribution in [2.45, 2.75) is 6.42 Å². The molecule has 0 spiro atoms. The van der Waals surface area contributed by atoms with Gasteiger partial charge in [-0.3, -0.25) is 0 Å². The molecular weight excluding hydrogens is 211 g/mol. The lowest BCUT2D eigenvalue weighted by atomic mass is 10.2. The molecule has 0 saturated heterocycles. The molecule has 1 aromatic rings. The monoisotopic (exact) mass is 222 g/mol. The summed E-state index contributed by atoms with van der Waals surface area (Å²) in [4.78, 5) is 11.3. The van der Waals surface area contributed by atoms with Gasteiger partial charge in [-0.1, -0.05) is 0 Å². The number of carbonyl (C=O) groups is 1. The van der Waals surface area contributed by atoms with E-state index in [1.807, 2.05) is 0 Å². The van der Waals surface area contributed by atoms with Crippen LogP contribution in [0.2, 0.25) is 0 Å². The van der Waals surface area contributed by atoms with E-state index >= 15 is 0 Å². The third kappa shape index (κ3) is 2.99. The molecule has 0 N–H and O–H groups in total. The quantitative estimate of drug-likeness (QED) is 0.444. The van der Waals surface area contributed by atoms with Gasteiger partial charge in [0.1, 0.15) is 17.1 Å². The first-order valence-electron chi connectivity index (χ1n) is 4.63. The zero-order chi connectivity index (χ0) is 12.0. The van der Waals surface area contributed by atoms with Crippen LogP contribution in [0, 0.1) is 18.2 Å². The van der Waals surface area contributed by atoms with Crippen molar-refractivity contribution < 1.29 is 18.7 Å². The molecule has 0 aliphatic rings. The minimum atomic E-state index is -0.643. The first-order valence-corrected chi connectivity index (χ1v) is 4.63. The number of halogens is 1. The highest BCUT2D eigenvalue weighted by molar-refractivity contribution is 5.92. The van der Waals surface area contributed by atoms with Crippen molar-refractivity contribution in [2.24, 2.45) is 0 Å². The molecule has 1 aromatic carbocycles. The lowest BCUT2D eigenvalue weighted by Crippen LogP contribution is -2.07. The number of hydrogen-bond donors (Lipinski definition) is 0. The third-order valence-electron chi connectivity index (χ3n) is 1.85. The molecule has 0 aromatic heterocycles. The summed E-state index contributed by atoms with van der Waals surface area (Å²) in [5.74, 6) is 1.50. The first kappa shape index (κ1) is 12.1. The second kappa shape index (κ2) is 5.76. The molecule has 1 rings (SSSR count). The number of methoxy groups -OCH3 is 1. The van der Waals surface area contributed by atoms with Crippen LogP contribution in [0.4, 0.5) is 4.39 Å². The van der Waals surface area contributed by atoms with E-state index in [-0.39, 0.29) is 17.9 Å². The van der Waals surface area contributed by atoms with E-state index in [0.717, 1.165) is 6.07 Å². The lowest BCUT2D eigenvalue weighted by Gasteiger charge is -2.08. The molecule has 0 aliphatic carbocycles. The fourth-order valence-corrected chi connectivity index (χ4v) is 1.12. The van der Waals surface area contributed by atoms with E-state index in [1.165, 1.54) is 19.2 Å². The van der Waals surface area contributed by atoms with E-state index in [4.69, 9.17) is 11.2 Å². The predicted octanol–water partition coefficient (Wildman–Crippen LogP) is 2.01. The van der Waals surface area contributed by atoms with Crippen molar-refractivity contribution >= 4 is 5.97 Å². The number of rotatable bonds is 4. The number of carbonyl (C=O) groups excluding carboxylic acids is 1. The molecule has 0 aliphatic heterocycles. The smallest absolute Gasteiger partial charge is 0.341 e. The second-order valence-corrected chi connectivity index (χ2v) is 2.93. The molecule has 0 bridgehead atoms. The molecule has 0 saturated carbocycles. The van der Waals surface area contributed by atoms with Gasteiger partial charge in [0.2, 0.25) is 0 Å². The van der Waals surface area contributed by atoms with Crippen LogP contribution in [0.15, 0.2) is 18.2 Å². The first-order chi connectivity index (χ1) is 7.69. The van der Waals surface area contributed by atoms with Gasteiger partial charge in [-0.2, -0.15) is 0 Å². The Bertz CT molecular complexity index is 421. The summed E-state index contributed by atoms with van der Waals surface area (Å²) >= 11 is 0. The van der Waals surface area contributed by atoms with Gasteiger partial charge in [0.05, 0.1) is 13.7 Å². The van der Waals surface area contributed by atoms with Crippen LogP contribution in [0.1, 0.15) is 16.8 Å². The molecule has 0 atom stereocenters. The third-order valence-corrected chi connectivity index (χ3v) is 1.85. The van der Waals surface area contributed by atoms with Crippen molar-refractivity contribution in [3.05, 3.63) is 29.6 Å². The van der Waals surface area contributed by atoms with Crippen molar-refractivity contribution in [3.8, 4) is 18.1 Å². The number of benzene rings is 1. The Morgan fingerprint density at radius 2 is 2.31 bits per heavy atom. The highest BCUT2D eigenvalue weighted by atomic mass is 19.1. The minimum absolute atomic E-state index is 0.0551. The Balaban J connectivity index is 2.90. The molecule has 4 heteroatoms.